The molecule has 0 aliphatic carbocycles. The molecular formula is C23H22N2O4S2. The van der Waals surface area contributed by atoms with Gasteiger partial charge in [-0.1, -0.05) is 30.3 Å². The highest BCUT2D eigenvalue weighted by Gasteiger charge is 2.19. The number of esters is 1. The molecule has 2 aromatic carbocycles. The standard InChI is InChI=1S/C23H22N2O4S2/c1-2-27-22(26)18-14-17(12-15-6-4-3-5-7-15)31-21(18)25-23(30)24-16-8-9-19-20(13-16)29-11-10-28-19/h3-9,13-14H,2,10-12H2,1H3,(H2,24,25,30). The Hall–Kier alpha value is -3.10. The fraction of sp³-hybridized carbons (Fsp3) is 0.217. The number of nitrogens with one attached hydrogen (secondary N) is 2. The van der Waals surface area contributed by atoms with Crippen LogP contribution >= 0.6 is 23.6 Å². The number of ether oxygens (including phenoxy) is 3. The number of hydrogen-bond donors (Lipinski definition) is 2. The van der Waals surface area contributed by atoms with E-state index in [1.54, 1.807) is 6.92 Å². The van der Waals surface area contributed by atoms with E-state index in [0.29, 0.717) is 47.0 Å². The van der Waals surface area contributed by atoms with E-state index < -0.39 is 0 Å². The predicted molar refractivity (Wildman–Crippen MR) is 127 cm³/mol. The van der Waals surface area contributed by atoms with Crippen molar-refractivity contribution in [3.05, 3.63) is 70.6 Å². The summed E-state index contributed by atoms with van der Waals surface area (Å²) in [5.41, 5.74) is 2.41. The summed E-state index contributed by atoms with van der Waals surface area (Å²) in [6, 6.07) is 17.5. The number of carbonyl (C=O) groups is 1. The van der Waals surface area contributed by atoms with Crippen molar-refractivity contribution in [1.82, 2.24) is 0 Å². The zero-order valence-corrected chi connectivity index (χ0v) is 18.6. The molecule has 8 heteroatoms. The Labute approximate surface area is 190 Å². The summed E-state index contributed by atoms with van der Waals surface area (Å²) in [7, 11) is 0. The van der Waals surface area contributed by atoms with E-state index in [-0.39, 0.29) is 5.97 Å². The zero-order chi connectivity index (χ0) is 21.6. The number of thiophene rings is 1. The van der Waals surface area contributed by atoms with Gasteiger partial charge in [0.25, 0.3) is 0 Å². The van der Waals surface area contributed by atoms with Crippen LogP contribution < -0.4 is 20.1 Å². The Bertz CT molecular complexity index is 1080. The molecule has 31 heavy (non-hydrogen) atoms. The molecule has 4 rings (SSSR count). The summed E-state index contributed by atoms with van der Waals surface area (Å²) in [5, 5.41) is 7.31. The van der Waals surface area contributed by atoms with Gasteiger partial charge in [-0.25, -0.2) is 4.79 Å². The van der Waals surface area contributed by atoms with Crippen LogP contribution in [-0.4, -0.2) is 30.9 Å². The molecular weight excluding hydrogens is 432 g/mol. The molecule has 0 amide bonds. The Morgan fingerprint density at radius 3 is 2.61 bits per heavy atom. The lowest BCUT2D eigenvalue weighted by Gasteiger charge is -2.19. The third-order valence-electron chi connectivity index (χ3n) is 4.53. The summed E-state index contributed by atoms with van der Waals surface area (Å²) < 4.78 is 16.4. The first-order chi connectivity index (χ1) is 15.1. The molecule has 0 saturated carbocycles. The maximum atomic E-state index is 12.5. The molecule has 3 aromatic rings. The van der Waals surface area contributed by atoms with E-state index in [4.69, 9.17) is 26.4 Å². The number of hydrogen-bond acceptors (Lipinski definition) is 6. The second-order valence-electron chi connectivity index (χ2n) is 6.78. The monoisotopic (exact) mass is 454 g/mol. The molecule has 6 nitrogen and oxygen atoms in total. The number of rotatable bonds is 6. The Balaban J connectivity index is 1.50. The second kappa shape index (κ2) is 9.80. The van der Waals surface area contributed by atoms with Gasteiger partial charge in [-0.15, -0.1) is 11.3 Å². The van der Waals surface area contributed by atoms with Gasteiger partial charge in [0.05, 0.1) is 12.2 Å². The lowest BCUT2D eigenvalue weighted by atomic mass is 10.1. The molecule has 1 aromatic heterocycles. The highest BCUT2D eigenvalue weighted by Crippen LogP contribution is 2.33. The first-order valence-corrected chi connectivity index (χ1v) is 11.2. The van der Waals surface area contributed by atoms with Gasteiger partial charge >= 0.3 is 5.97 Å². The molecule has 0 fully saturated rings. The Morgan fingerprint density at radius 2 is 1.84 bits per heavy atom. The molecule has 2 heterocycles. The SMILES string of the molecule is CCOC(=O)c1cc(Cc2ccccc2)sc1NC(=S)Nc1ccc2c(c1)OCCO2. The molecule has 0 saturated heterocycles. The van der Waals surface area contributed by atoms with Gasteiger partial charge in [0, 0.05) is 23.1 Å². The van der Waals surface area contributed by atoms with E-state index in [2.05, 4.69) is 22.8 Å². The van der Waals surface area contributed by atoms with Crippen LogP contribution in [0.4, 0.5) is 10.7 Å². The molecule has 0 unspecified atom stereocenters. The minimum Gasteiger partial charge on any atom is -0.486 e. The van der Waals surface area contributed by atoms with Crippen LogP contribution in [0.2, 0.25) is 0 Å². The van der Waals surface area contributed by atoms with Crippen LogP contribution in [0.5, 0.6) is 11.5 Å². The van der Waals surface area contributed by atoms with Crippen molar-refractivity contribution in [2.24, 2.45) is 0 Å². The number of thiocarbonyl (C=S) groups is 1. The van der Waals surface area contributed by atoms with Crippen molar-refractivity contribution in [3.63, 3.8) is 0 Å². The van der Waals surface area contributed by atoms with E-state index >= 15 is 0 Å². The van der Waals surface area contributed by atoms with Gasteiger partial charge in [-0.3, -0.25) is 0 Å². The Kier molecular flexibility index (Phi) is 6.69. The van der Waals surface area contributed by atoms with Crippen LogP contribution in [0.1, 0.15) is 27.7 Å². The largest absolute Gasteiger partial charge is 0.486 e. The maximum Gasteiger partial charge on any atom is 0.341 e. The molecule has 1 aliphatic heterocycles. The third-order valence-corrected chi connectivity index (χ3v) is 5.78. The van der Waals surface area contributed by atoms with Crippen LogP contribution in [0, 0.1) is 0 Å². The Morgan fingerprint density at radius 1 is 1.06 bits per heavy atom. The van der Waals surface area contributed by atoms with Crippen molar-refractivity contribution in [2.45, 2.75) is 13.3 Å². The lowest BCUT2D eigenvalue weighted by Crippen LogP contribution is -2.20. The number of benzene rings is 2. The fourth-order valence-corrected chi connectivity index (χ4v) is 4.53. The van der Waals surface area contributed by atoms with Crippen molar-refractivity contribution in [1.29, 1.82) is 0 Å². The first kappa shape index (κ1) is 21.1. The summed E-state index contributed by atoms with van der Waals surface area (Å²) in [5.74, 6) is 1.01. The van der Waals surface area contributed by atoms with Gasteiger partial charge in [-0.2, -0.15) is 0 Å². The van der Waals surface area contributed by atoms with E-state index in [1.165, 1.54) is 16.9 Å². The molecule has 160 valence electrons. The van der Waals surface area contributed by atoms with E-state index in [0.717, 1.165) is 17.0 Å². The van der Waals surface area contributed by atoms with Gasteiger partial charge in [0.15, 0.2) is 16.6 Å². The van der Waals surface area contributed by atoms with Crippen LogP contribution in [0.15, 0.2) is 54.6 Å². The number of fused-ring (bicyclic) bond motifs is 1. The van der Waals surface area contributed by atoms with Crippen LogP contribution in [0.3, 0.4) is 0 Å². The number of carbonyl (C=O) groups excluding carboxylic acids is 1. The minimum absolute atomic E-state index is 0.308. The average molecular weight is 455 g/mol. The van der Waals surface area contributed by atoms with Gasteiger partial charge in [-0.05, 0) is 42.9 Å². The van der Waals surface area contributed by atoms with E-state index in [9.17, 15) is 4.79 Å². The van der Waals surface area contributed by atoms with Crippen molar-refractivity contribution in [2.75, 3.05) is 30.5 Å². The zero-order valence-electron chi connectivity index (χ0n) is 17.0. The summed E-state index contributed by atoms with van der Waals surface area (Å²) >= 11 is 6.97. The van der Waals surface area contributed by atoms with Crippen LogP contribution in [0.25, 0.3) is 0 Å². The lowest BCUT2D eigenvalue weighted by molar-refractivity contribution is 0.0528. The van der Waals surface area contributed by atoms with Crippen LogP contribution in [-0.2, 0) is 11.2 Å². The second-order valence-corrected chi connectivity index (χ2v) is 8.32. The highest BCUT2D eigenvalue weighted by atomic mass is 32.1. The topological polar surface area (TPSA) is 68.8 Å². The molecule has 0 radical (unpaired) electrons. The van der Waals surface area contributed by atoms with E-state index in [1.807, 2.05) is 42.5 Å². The average Bonchev–Trinajstić information content (AvgIpc) is 3.16. The molecule has 1 aliphatic rings. The molecule has 0 atom stereocenters. The van der Waals surface area contributed by atoms with Crippen molar-refractivity contribution < 1.29 is 19.0 Å². The van der Waals surface area contributed by atoms with Gasteiger partial charge in [0.1, 0.15) is 18.2 Å². The maximum absolute atomic E-state index is 12.5. The first-order valence-electron chi connectivity index (χ1n) is 9.94. The predicted octanol–water partition coefficient (Wildman–Crippen LogP) is 5.10. The summed E-state index contributed by atoms with van der Waals surface area (Å²) in [4.78, 5) is 13.5. The van der Waals surface area contributed by atoms with Gasteiger partial charge in [0.2, 0.25) is 0 Å². The highest BCUT2D eigenvalue weighted by molar-refractivity contribution is 7.80. The summed E-state index contributed by atoms with van der Waals surface area (Å²) in [6.45, 7) is 3.15. The quantitative estimate of drug-likeness (QED) is 0.397. The van der Waals surface area contributed by atoms with Gasteiger partial charge < -0.3 is 24.8 Å². The smallest absolute Gasteiger partial charge is 0.341 e. The normalized spacial score (nSPS) is 12.2. The molecule has 0 bridgehead atoms. The minimum atomic E-state index is -0.373. The van der Waals surface area contributed by atoms with Crippen molar-refractivity contribution >= 4 is 45.3 Å². The summed E-state index contributed by atoms with van der Waals surface area (Å²) in [6.07, 6.45) is 0.724. The molecule has 0 spiro atoms. The molecule has 2 N–H and O–H groups in total. The fourth-order valence-electron chi connectivity index (χ4n) is 3.17. The number of anilines is 2. The third kappa shape index (κ3) is 5.34. The van der Waals surface area contributed by atoms with Crippen molar-refractivity contribution in [3.8, 4) is 11.5 Å².